The van der Waals surface area contributed by atoms with Crippen molar-refractivity contribution in [3.63, 3.8) is 0 Å². The second-order valence-corrected chi connectivity index (χ2v) is 7.43. The number of fused-ring (bicyclic) bond motifs is 1. The monoisotopic (exact) mass is 396 g/mol. The fourth-order valence-corrected chi connectivity index (χ4v) is 4.28. The van der Waals surface area contributed by atoms with Gasteiger partial charge in [-0.2, -0.15) is 0 Å². The maximum atomic E-state index is 13.0. The molecule has 154 valence electrons. The molecule has 1 atom stereocenters. The number of nitrogens with zero attached hydrogens (tertiary/aromatic N) is 2. The average Bonchev–Trinajstić information content (AvgIpc) is 2.79. The van der Waals surface area contributed by atoms with Crippen LogP contribution in [0.5, 0.6) is 11.5 Å². The van der Waals surface area contributed by atoms with Crippen molar-refractivity contribution in [1.82, 2.24) is 9.80 Å². The summed E-state index contributed by atoms with van der Waals surface area (Å²) in [5.41, 5.74) is 3.59. The quantitative estimate of drug-likeness (QED) is 0.777. The van der Waals surface area contributed by atoms with Crippen molar-refractivity contribution in [2.75, 3.05) is 53.6 Å². The fraction of sp³-hybridized carbons (Fsp3) is 0.435. The summed E-state index contributed by atoms with van der Waals surface area (Å²) in [5.74, 6) is 1.63. The van der Waals surface area contributed by atoms with E-state index < -0.39 is 0 Å². The Balaban J connectivity index is 1.68. The van der Waals surface area contributed by atoms with E-state index in [0.717, 1.165) is 18.7 Å². The molecule has 0 aromatic heterocycles. The Morgan fingerprint density at radius 1 is 1.03 bits per heavy atom. The number of ether oxygens (including phenoxy) is 3. The van der Waals surface area contributed by atoms with Crippen molar-refractivity contribution in [2.45, 2.75) is 12.5 Å². The van der Waals surface area contributed by atoms with Gasteiger partial charge in [-0.05, 0) is 35.2 Å². The van der Waals surface area contributed by atoms with Gasteiger partial charge in [0, 0.05) is 19.6 Å². The maximum absolute atomic E-state index is 13.0. The summed E-state index contributed by atoms with van der Waals surface area (Å²) >= 11 is 0. The lowest BCUT2D eigenvalue weighted by Crippen LogP contribution is -2.48. The molecule has 0 saturated carbocycles. The van der Waals surface area contributed by atoms with Gasteiger partial charge < -0.3 is 19.1 Å². The van der Waals surface area contributed by atoms with Crippen LogP contribution in [-0.2, 0) is 16.0 Å². The molecule has 29 heavy (non-hydrogen) atoms. The number of carbonyl (C=O) groups excluding carboxylic acids is 1. The molecule has 0 aliphatic carbocycles. The predicted molar refractivity (Wildman–Crippen MR) is 111 cm³/mol. The molecule has 2 aliphatic heterocycles. The van der Waals surface area contributed by atoms with Crippen molar-refractivity contribution in [3.05, 3.63) is 59.2 Å². The molecule has 0 unspecified atom stereocenters. The fourth-order valence-electron chi connectivity index (χ4n) is 4.28. The zero-order chi connectivity index (χ0) is 20.2. The normalized spacial score (nSPS) is 19.5. The first-order valence-corrected chi connectivity index (χ1v) is 10.1. The Hall–Kier alpha value is -2.57. The molecule has 1 amide bonds. The number of morpholine rings is 1. The van der Waals surface area contributed by atoms with Crippen LogP contribution in [0.1, 0.15) is 22.7 Å². The lowest BCUT2D eigenvalue weighted by Gasteiger charge is -2.39. The molecule has 0 radical (unpaired) electrons. The van der Waals surface area contributed by atoms with Gasteiger partial charge in [-0.25, -0.2) is 0 Å². The molecule has 1 saturated heterocycles. The van der Waals surface area contributed by atoms with Gasteiger partial charge in [0.1, 0.15) is 0 Å². The molecule has 2 aliphatic rings. The summed E-state index contributed by atoms with van der Waals surface area (Å²) in [4.78, 5) is 17.2. The first-order chi connectivity index (χ1) is 14.2. The first-order valence-electron chi connectivity index (χ1n) is 10.1. The third-order valence-corrected chi connectivity index (χ3v) is 5.79. The topological polar surface area (TPSA) is 51.2 Å². The van der Waals surface area contributed by atoms with Crippen molar-refractivity contribution in [3.8, 4) is 11.5 Å². The zero-order valence-corrected chi connectivity index (χ0v) is 17.1. The van der Waals surface area contributed by atoms with Crippen LogP contribution in [0.25, 0.3) is 0 Å². The minimum Gasteiger partial charge on any atom is -0.493 e. The van der Waals surface area contributed by atoms with Crippen molar-refractivity contribution < 1.29 is 19.0 Å². The maximum Gasteiger partial charge on any atom is 0.236 e. The van der Waals surface area contributed by atoms with Crippen LogP contribution in [0.2, 0.25) is 0 Å². The number of amides is 1. The van der Waals surface area contributed by atoms with Gasteiger partial charge in [-0.15, -0.1) is 0 Å². The van der Waals surface area contributed by atoms with Gasteiger partial charge in [-0.1, -0.05) is 30.3 Å². The molecular weight excluding hydrogens is 368 g/mol. The second kappa shape index (κ2) is 8.84. The van der Waals surface area contributed by atoms with Crippen LogP contribution >= 0.6 is 0 Å². The van der Waals surface area contributed by atoms with Gasteiger partial charge in [0.25, 0.3) is 0 Å². The smallest absolute Gasteiger partial charge is 0.236 e. The molecule has 0 bridgehead atoms. The van der Waals surface area contributed by atoms with E-state index in [2.05, 4.69) is 29.2 Å². The second-order valence-electron chi connectivity index (χ2n) is 7.43. The van der Waals surface area contributed by atoms with E-state index in [-0.39, 0.29) is 11.9 Å². The molecular formula is C23H28N2O4. The average molecular weight is 396 g/mol. The van der Waals surface area contributed by atoms with E-state index in [1.807, 2.05) is 23.1 Å². The largest absolute Gasteiger partial charge is 0.493 e. The van der Waals surface area contributed by atoms with E-state index in [4.69, 9.17) is 14.2 Å². The Morgan fingerprint density at radius 2 is 1.72 bits per heavy atom. The van der Waals surface area contributed by atoms with Gasteiger partial charge in [-0.3, -0.25) is 9.69 Å². The molecule has 0 spiro atoms. The summed E-state index contributed by atoms with van der Waals surface area (Å²) < 4.78 is 16.5. The molecule has 6 heteroatoms. The molecule has 0 N–H and O–H groups in total. The summed E-state index contributed by atoms with van der Waals surface area (Å²) in [7, 11) is 3.32. The predicted octanol–water partition coefficient (Wildman–Crippen LogP) is 2.51. The highest BCUT2D eigenvalue weighted by molar-refractivity contribution is 5.78. The van der Waals surface area contributed by atoms with Gasteiger partial charge in [0.05, 0.1) is 40.0 Å². The molecule has 1 fully saturated rings. The Morgan fingerprint density at radius 3 is 2.41 bits per heavy atom. The number of hydrogen-bond acceptors (Lipinski definition) is 5. The van der Waals surface area contributed by atoms with Gasteiger partial charge in [0.15, 0.2) is 11.5 Å². The van der Waals surface area contributed by atoms with Crippen molar-refractivity contribution in [2.24, 2.45) is 0 Å². The van der Waals surface area contributed by atoms with Crippen LogP contribution in [0.15, 0.2) is 42.5 Å². The van der Waals surface area contributed by atoms with Crippen LogP contribution in [0, 0.1) is 0 Å². The van der Waals surface area contributed by atoms with Crippen LogP contribution < -0.4 is 9.47 Å². The number of hydrogen-bond donors (Lipinski definition) is 0. The van der Waals surface area contributed by atoms with E-state index in [9.17, 15) is 4.79 Å². The minimum atomic E-state index is 0.00440. The number of carbonyl (C=O) groups is 1. The third kappa shape index (κ3) is 4.09. The van der Waals surface area contributed by atoms with Crippen LogP contribution in [0.4, 0.5) is 0 Å². The molecule has 2 aromatic rings. The standard InChI is InChI=1S/C23H28N2O4/c1-27-20-14-18-8-9-25(16-22(26)24-10-12-29-13-11-24)23(17-6-4-3-5-7-17)19(18)15-21(20)28-2/h3-7,14-15,23H,8-13,16H2,1-2H3/t23-/m0/s1. The number of rotatable bonds is 5. The van der Waals surface area contributed by atoms with Crippen LogP contribution in [0.3, 0.4) is 0 Å². The zero-order valence-electron chi connectivity index (χ0n) is 17.1. The number of methoxy groups -OCH3 is 2. The van der Waals surface area contributed by atoms with Crippen LogP contribution in [-0.4, -0.2) is 69.3 Å². The highest BCUT2D eigenvalue weighted by atomic mass is 16.5. The van der Waals surface area contributed by atoms with Gasteiger partial charge in [0.2, 0.25) is 5.91 Å². The highest BCUT2D eigenvalue weighted by Crippen LogP contribution is 2.40. The lowest BCUT2D eigenvalue weighted by molar-refractivity contribution is -0.137. The first kappa shape index (κ1) is 19.7. The summed E-state index contributed by atoms with van der Waals surface area (Å²) in [6.07, 6.45) is 0.870. The van der Waals surface area contributed by atoms with Gasteiger partial charge >= 0.3 is 0 Å². The Kier molecular flexibility index (Phi) is 6.02. The minimum absolute atomic E-state index is 0.00440. The lowest BCUT2D eigenvalue weighted by atomic mass is 9.87. The Bertz CT molecular complexity index is 849. The van der Waals surface area contributed by atoms with E-state index in [1.165, 1.54) is 16.7 Å². The SMILES string of the molecule is COc1cc2c(cc1OC)[C@H](c1ccccc1)N(CC(=O)N1CCOCC1)CC2. The van der Waals surface area contributed by atoms with Crippen molar-refractivity contribution >= 4 is 5.91 Å². The summed E-state index contributed by atoms with van der Waals surface area (Å²) in [6, 6.07) is 14.5. The van der Waals surface area contributed by atoms with E-state index in [1.54, 1.807) is 14.2 Å². The molecule has 2 aromatic carbocycles. The molecule has 2 heterocycles. The van der Waals surface area contributed by atoms with E-state index >= 15 is 0 Å². The summed E-state index contributed by atoms with van der Waals surface area (Å²) in [5, 5.41) is 0. The molecule has 4 rings (SSSR count). The van der Waals surface area contributed by atoms with E-state index in [0.29, 0.717) is 38.6 Å². The Labute approximate surface area is 172 Å². The molecule has 6 nitrogen and oxygen atoms in total. The number of benzene rings is 2. The van der Waals surface area contributed by atoms with Crippen molar-refractivity contribution in [1.29, 1.82) is 0 Å². The highest BCUT2D eigenvalue weighted by Gasteiger charge is 2.32. The third-order valence-electron chi connectivity index (χ3n) is 5.79. The summed E-state index contributed by atoms with van der Waals surface area (Å²) in [6.45, 7) is 3.79.